The largest absolute Gasteiger partial charge is 0.366 e. The number of halogens is 3. The Balaban J connectivity index is 1.28. The summed E-state index contributed by atoms with van der Waals surface area (Å²) in [4.78, 5) is 6.84. The van der Waals surface area contributed by atoms with Crippen LogP contribution in [0.2, 0.25) is 10.0 Å². The first-order valence-electron chi connectivity index (χ1n) is 10.4. The SMILES string of the molecule is Fc1ccc(-c2csc(N/N=C/C3CN(Cc4ccc(Cl)cc4Cl)c4ccccc43)n2)cc1. The third-order valence-corrected chi connectivity index (χ3v) is 6.86. The van der Waals surface area contributed by atoms with Gasteiger partial charge >= 0.3 is 0 Å². The van der Waals surface area contributed by atoms with Crippen LogP contribution in [-0.4, -0.2) is 17.7 Å². The number of anilines is 2. The molecular weight excluding hydrogens is 478 g/mol. The van der Waals surface area contributed by atoms with E-state index in [1.54, 1.807) is 18.2 Å². The van der Waals surface area contributed by atoms with Crippen molar-refractivity contribution in [2.24, 2.45) is 5.10 Å². The number of nitrogens with zero attached hydrogens (tertiary/aromatic N) is 3. The molecular formula is C25H19Cl2FN4S. The number of hydrogen-bond donors (Lipinski definition) is 1. The number of rotatable bonds is 6. The van der Waals surface area contributed by atoms with E-state index in [4.69, 9.17) is 23.2 Å². The summed E-state index contributed by atoms with van der Waals surface area (Å²) < 4.78 is 13.1. The topological polar surface area (TPSA) is 40.5 Å². The van der Waals surface area contributed by atoms with E-state index >= 15 is 0 Å². The lowest BCUT2D eigenvalue weighted by Crippen LogP contribution is -2.22. The van der Waals surface area contributed by atoms with Crippen LogP contribution >= 0.6 is 34.5 Å². The third kappa shape index (κ3) is 4.88. The quantitative estimate of drug-likeness (QED) is 0.222. The molecule has 0 saturated heterocycles. The fourth-order valence-corrected chi connectivity index (χ4v) is 5.05. The van der Waals surface area contributed by atoms with Gasteiger partial charge in [0.25, 0.3) is 0 Å². The van der Waals surface area contributed by atoms with Crippen molar-refractivity contribution in [2.45, 2.75) is 12.5 Å². The maximum Gasteiger partial charge on any atom is 0.203 e. The van der Waals surface area contributed by atoms with Crippen molar-refractivity contribution in [1.82, 2.24) is 4.98 Å². The zero-order chi connectivity index (χ0) is 22.8. The molecule has 3 aromatic carbocycles. The molecule has 8 heteroatoms. The van der Waals surface area contributed by atoms with Crippen LogP contribution in [-0.2, 0) is 6.54 Å². The third-order valence-electron chi connectivity index (χ3n) is 5.53. The lowest BCUT2D eigenvalue weighted by molar-refractivity contribution is 0.628. The van der Waals surface area contributed by atoms with Gasteiger partial charge in [-0.05, 0) is 53.6 Å². The molecule has 0 fully saturated rings. The first-order valence-corrected chi connectivity index (χ1v) is 12.0. The van der Waals surface area contributed by atoms with E-state index in [1.807, 2.05) is 35.9 Å². The number of para-hydroxylation sites is 1. The Kier molecular flexibility index (Phi) is 6.31. The molecule has 2 heterocycles. The van der Waals surface area contributed by atoms with Crippen molar-refractivity contribution >= 4 is 51.6 Å². The molecule has 0 amide bonds. The van der Waals surface area contributed by atoms with Crippen LogP contribution in [0.15, 0.2) is 77.2 Å². The second-order valence-corrected chi connectivity index (χ2v) is 9.42. The summed E-state index contributed by atoms with van der Waals surface area (Å²) in [7, 11) is 0. The van der Waals surface area contributed by atoms with E-state index in [0.717, 1.165) is 23.4 Å². The highest BCUT2D eigenvalue weighted by molar-refractivity contribution is 7.14. The molecule has 5 rings (SSSR count). The van der Waals surface area contributed by atoms with Crippen LogP contribution in [0.25, 0.3) is 11.3 Å². The Morgan fingerprint density at radius 1 is 1.12 bits per heavy atom. The monoisotopic (exact) mass is 496 g/mol. The van der Waals surface area contributed by atoms with Crippen molar-refractivity contribution in [2.75, 3.05) is 16.9 Å². The van der Waals surface area contributed by atoms with Crippen molar-refractivity contribution in [3.63, 3.8) is 0 Å². The smallest absolute Gasteiger partial charge is 0.203 e. The van der Waals surface area contributed by atoms with Gasteiger partial charge in [0.15, 0.2) is 0 Å². The fraction of sp³-hybridized carbons (Fsp3) is 0.120. The van der Waals surface area contributed by atoms with Crippen LogP contribution in [0.1, 0.15) is 17.0 Å². The molecule has 0 spiro atoms. The van der Waals surface area contributed by atoms with E-state index < -0.39 is 0 Å². The van der Waals surface area contributed by atoms with E-state index in [-0.39, 0.29) is 11.7 Å². The number of fused-ring (bicyclic) bond motifs is 1. The molecule has 0 bridgehead atoms. The average molecular weight is 497 g/mol. The molecule has 0 aliphatic carbocycles. The second-order valence-electron chi connectivity index (χ2n) is 7.72. The first kappa shape index (κ1) is 21.9. The number of hydrazone groups is 1. The van der Waals surface area contributed by atoms with Gasteiger partial charge < -0.3 is 4.90 Å². The minimum Gasteiger partial charge on any atom is -0.366 e. The van der Waals surface area contributed by atoms with Crippen molar-refractivity contribution in [1.29, 1.82) is 0 Å². The summed E-state index contributed by atoms with van der Waals surface area (Å²) >= 11 is 13.9. The Bertz CT molecular complexity index is 1310. The molecule has 0 saturated carbocycles. The summed E-state index contributed by atoms with van der Waals surface area (Å²) in [6.45, 7) is 1.49. The summed E-state index contributed by atoms with van der Waals surface area (Å²) in [6, 6.07) is 20.2. The Morgan fingerprint density at radius 2 is 1.94 bits per heavy atom. The van der Waals surface area contributed by atoms with Gasteiger partial charge in [-0.1, -0.05) is 47.5 Å². The zero-order valence-corrected chi connectivity index (χ0v) is 19.7. The van der Waals surface area contributed by atoms with Gasteiger partial charge in [-0.2, -0.15) is 5.10 Å². The Morgan fingerprint density at radius 3 is 2.76 bits per heavy atom. The number of benzene rings is 3. The molecule has 1 atom stereocenters. The number of nitrogens with one attached hydrogen (secondary N) is 1. The molecule has 1 aromatic heterocycles. The number of thiazole rings is 1. The summed E-state index contributed by atoms with van der Waals surface area (Å²) in [5.74, 6) is -0.127. The van der Waals surface area contributed by atoms with Crippen LogP contribution in [0.4, 0.5) is 15.2 Å². The fourth-order valence-electron chi connectivity index (χ4n) is 3.92. The highest BCUT2D eigenvalue weighted by Gasteiger charge is 2.27. The maximum atomic E-state index is 13.1. The molecule has 166 valence electrons. The molecule has 4 nitrogen and oxygen atoms in total. The normalized spacial score (nSPS) is 15.2. The molecule has 1 aliphatic rings. The number of hydrogen-bond acceptors (Lipinski definition) is 5. The summed E-state index contributed by atoms with van der Waals surface area (Å²) in [6.07, 6.45) is 1.92. The molecule has 1 unspecified atom stereocenters. The molecule has 1 aliphatic heterocycles. The predicted molar refractivity (Wildman–Crippen MR) is 136 cm³/mol. The molecule has 0 radical (unpaired) electrons. The predicted octanol–water partition coefficient (Wildman–Crippen LogP) is 7.46. The van der Waals surface area contributed by atoms with Crippen molar-refractivity contribution < 1.29 is 4.39 Å². The van der Waals surface area contributed by atoms with Gasteiger partial charge in [-0.15, -0.1) is 11.3 Å². The Labute approximate surface area is 205 Å². The molecule has 33 heavy (non-hydrogen) atoms. The molecule has 1 N–H and O–H groups in total. The standard InChI is InChI=1S/C25H19Cl2FN4S/c26-19-8-5-17(22(27)11-19)13-32-14-18(21-3-1-2-4-24(21)32)12-29-31-25-30-23(15-33-25)16-6-9-20(28)10-7-16/h1-12,15,18H,13-14H2,(H,30,31)/b29-12+. The van der Waals surface area contributed by atoms with Gasteiger partial charge in [0.1, 0.15) is 5.82 Å². The van der Waals surface area contributed by atoms with Crippen LogP contribution < -0.4 is 10.3 Å². The van der Waals surface area contributed by atoms with Gasteiger partial charge in [0, 0.05) is 51.9 Å². The lowest BCUT2D eigenvalue weighted by atomic mass is 10.0. The van der Waals surface area contributed by atoms with Crippen LogP contribution in [0, 0.1) is 5.82 Å². The lowest BCUT2D eigenvalue weighted by Gasteiger charge is -2.20. The minimum atomic E-state index is -0.263. The van der Waals surface area contributed by atoms with Gasteiger partial charge in [-0.3, -0.25) is 5.43 Å². The average Bonchev–Trinajstić information content (AvgIpc) is 3.42. The van der Waals surface area contributed by atoms with E-state index in [9.17, 15) is 4.39 Å². The van der Waals surface area contributed by atoms with Crippen molar-refractivity contribution in [3.8, 4) is 11.3 Å². The van der Waals surface area contributed by atoms with E-state index in [0.29, 0.717) is 21.7 Å². The second kappa shape index (κ2) is 9.51. The van der Waals surface area contributed by atoms with E-state index in [2.05, 4.69) is 32.5 Å². The first-order chi connectivity index (χ1) is 16.1. The maximum absolute atomic E-state index is 13.1. The van der Waals surface area contributed by atoms with Gasteiger partial charge in [-0.25, -0.2) is 9.37 Å². The number of aromatic nitrogens is 1. The van der Waals surface area contributed by atoms with Crippen LogP contribution in [0.5, 0.6) is 0 Å². The highest BCUT2D eigenvalue weighted by atomic mass is 35.5. The van der Waals surface area contributed by atoms with Crippen LogP contribution in [0.3, 0.4) is 0 Å². The van der Waals surface area contributed by atoms with E-state index in [1.165, 1.54) is 34.7 Å². The van der Waals surface area contributed by atoms with Gasteiger partial charge in [0.05, 0.1) is 5.69 Å². The summed E-state index contributed by atoms with van der Waals surface area (Å²) in [5.41, 5.74) is 8.11. The van der Waals surface area contributed by atoms with Crippen molar-refractivity contribution in [3.05, 3.63) is 99.1 Å². The minimum absolute atomic E-state index is 0.135. The zero-order valence-electron chi connectivity index (χ0n) is 17.4. The van der Waals surface area contributed by atoms with Gasteiger partial charge in [0.2, 0.25) is 5.13 Å². The summed E-state index contributed by atoms with van der Waals surface area (Å²) in [5, 5.41) is 8.36. The molecule has 4 aromatic rings. The Hall–Kier alpha value is -2.93. The highest BCUT2D eigenvalue weighted by Crippen LogP contribution is 2.37.